The molecule has 0 aliphatic rings. The summed E-state index contributed by atoms with van der Waals surface area (Å²) < 4.78 is 5.65. The summed E-state index contributed by atoms with van der Waals surface area (Å²) >= 11 is 5.60. The molecule has 1 heterocycles. The minimum Gasteiger partial charge on any atom is -0.493 e. The summed E-state index contributed by atoms with van der Waals surface area (Å²) in [6.45, 7) is 2.54. The van der Waals surface area contributed by atoms with E-state index in [0.717, 1.165) is 28.6 Å². The lowest BCUT2D eigenvalue weighted by molar-refractivity contribution is 0.322. The van der Waals surface area contributed by atoms with Crippen LogP contribution >= 0.6 is 11.6 Å². The normalized spacial score (nSPS) is 10.7. The van der Waals surface area contributed by atoms with E-state index in [1.54, 1.807) is 6.07 Å². The molecule has 0 saturated carbocycles. The number of benzene rings is 1. The van der Waals surface area contributed by atoms with Gasteiger partial charge in [-0.15, -0.1) is 11.6 Å². The van der Waals surface area contributed by atoms with E-state index in [-0.39, 0.29) is 5.56 Å². The largest absolute Gasteiger partial charge is 0.493 e. The highest BCUT2D eigenvalue weighted by Crippen LogP contribution is 2.25. The van der Waals surface area contributed by atoms with Gasteiger partial charge in [0.05, 0.1) is 12.1 Å². The number of rotatable bonds is 4. The van der Waals surface area contributed by atoms with E-state index in [1.165, 1.54) is 6.07 Å². The van der Waals surface area contributed by atoms with E-state index in [0.29, 0.717) is 12.5 Å². The molecule has 1 aromatic heterocycles. The number of nitrogens with one attached hydrogen (secondary N) is 1. The molecule has 0 aliphatic heterocycles. The first-order valence-corrected chi connectivity index (χ1v) is 6.07. The highest BCUT2D eigenvalue weighted by molar-refractivity contribution is 6.17. The summed E-state index contributed by atoms with van der Waals surface area (Å²) in [5.74, 6) is 1.37. The zero-order valence-electron chi connectivity index (χ0n) is 9.63. The number of hydrogen-bond acceptors (Lipinski definition) is 2. The molecule has 4 heteroatoms. The second-order valence-corrected chi connectivity index (χ2v) is 4.26. The number of hydrogen-bond donors (Lipinski definition) is 1. The molecule has 90 valence electrons. The van der Waals surface area contributed by atoms with Crippen molar-refractivity contribution in [2.75, 3.05) is 12.5 Å². The minimum absolute atomic E-state index is 0.0986. The predicted octanol–water partition coefficient (Wildman–Crippen LogP) is 2.84. The van der Waals surface area contributed by atoms with Gasteiger partial charge in [-0.05, 0) is 31.0 Å². The number of aromatic nitrogens is 1. The second-order valence-electron chi connectivity index (χ2n) is 3.88. The molecule has 3 nitrogen and oxygen atoms in total. The number of aryl methyl sites for hydroxylation is 1. The highest BCUT2D eigenvalue weighted by atomic mass is 35.5. The molecule has 0 atom stereocenters. The number of aromatic amines is 1. The van der Waals surface area contributed by atoms with Crippen molar-refractivity contribution in [2.24, 2.45) is 0 Å². The van der Waals surface area contributed by atoms with E-state index < -0.39 is 0 Å². The van der Waals surface area contributed by atoms with Crippen LogP contribution in [-0.4, -0.2) is 17.5 Å². The van der Waals surface area contributed by atoms with Crippen LogP contribution in [0.25, 0.3) is 10.9 Å². The molecule has 0 bridgehead atoms. The van der Waals surface area contributed by atoms with Gasteiger partial charge in [0, 0.05) is 17.3 Å². The van der Waals surface area contributed by atoms with Gasteiger partial charge in [0.25, 0.3) is 0 Å². The van der Waals surface area contributed by atoms with Crippen LogP contribution in [0.4, 0.5) is 0 Å². The Morgan fingerprint density at radius 2 is 2.12 bits per heavy atom. The molecular formula is C13H14ClNO2. The van der Waals surface area contributed by atoms with Gasteiger partial charge in [0.2, 0.25) is 5.56 Å². The summed E-state index contributed by atoms with van der Waals surface area (Å²) in [5.41, 5.74) is 1.77. The Labute approximate surface area is 104 Å². The maximum absolute atomic E-state index is 11.3. The number of ether oxygens (including phenoxy) is 1. The molecule has 17 heavy (non-hydrogen) atoms. The van der Waals surface area contributed by atoms with Gasteiger partial charge in [0.15, 0.2) is 0 Å². The number of halogens is 1. The first-order valence-electron chi connectivity index (χ1n) is 5.54. The highest BCUT2D eigenvalue weighted by Gasteiger charge is 2.05. The third-order valence-electron chi connectivity index (χ3n) is 2.60. The van der Waals surface area contributed by atoms with Crippen LogP contribution in [0.15, 0.2) is 29.1 Å². The zero-order valence-corrected chi connectivity index (χ0v) is 10.4. The van der Waals surface area contributed by atoms with Crippen LogP contribution in [0, 0.1) is 6.92 Å². The lowest BCUT2D eigenvalue weighted by Crippen LogP contribution is -2.05. The van der Waals surface area contributed by atoms with Gasteiger partial charge in [-0.25, -0.2) is 0 Å². The molecule has 0 aliphatic carbocycles. The van der Waals surface area contributed by atoms with Crippen LogP contribution in [0.5, 0.6) is 5.75 Å². The average molecular weight is 252 g/mol. The van der Waals surface area contributed by atoms with Crippen molar-refractivity contribution >= 4 is 22.5 Å². The number of pyridine rings is 1. The number of alkyl halides is 1. The Balaban J connectivity index is 2.43. The van der Waals surface area contributed by atoms with Crippen LogP contribution in [0.1, 0.15) is 12.0 Å². The van der Waals surface area contributed by atoms with Crippen molar-refractivity contribution in [3.8, 4) is 5.75 Å². The summed E-state index contributed by atoms with van der Waals surface area (Å²) in [7, 11) is 0. The van der Waals surface area contributed by atoms with Gasteiger partial charge in [-0.2, -0.15) is 0 Å². The van der Waals surface area contributed by atoms with Crippen molar-refractivity contribution < 1.29 is 4.74 Å². The van der Waals surface area contributed by atoms with Crippen molar-refractivity contribution in [1.82, 2.24) is 4.98 Å². The van der Waals surface area contributed by atoms with Gasteiger partial charge in [-0.1, -0.05) is 6.07 Å². The topological polar surface area (TPSA) is 42.1 Å². The summed E-state index contributed by atoms with van der Waals surface area (Å²) in [6, 6.07) is 7.16. The Kier molecular flexibility index (Phi) is 3.69. The average Bonchev–Trinajstić information content (AvgIpc) is 2.33. The Bertz CT molecular complexity index is 577. The number of fused-ring (bicyclic) bond motifs is 1. The Hall–Kier alpha value is -1.48. The molecule has 0 radical (unpaired) electrons. The van der Waals surface area contributed by atoms with Crippen LogP contribution in [0.3, 0.4) is 0 Å². The molecule has 0 saturated heterocycles. The SMILES string of the molecule is Cc1ccc(OCCCCl)c2ccc(=O)[nH]c12. The quantitative estimate of drug-likeness (QED) is 0.671. The monoisotopic (exact) mass is 251 g/mol. The molecule has 2 rings (SSSR count). The maximum Gasteiger partial charge on any atom is 0.248 e. The molecule has 0 fully saturated rings. The third-order valence-corrected chi connectivity index (χ3v) is 2.87. The molecule has 0 amide bonds. The molecule has 2 aromatic rings. The van der Waals surface area contributed by atoms with Crippen LogP contribution < -0.4 is 10.3 Å². The lowest BCUT2D eigenvalue weighted by atomic mass is 10.1. The Morgan fingerprint density at radius 1 is 1.29 bits per heavy atom. The predicted molar refractivity (Wildman–Crippen MR) is 70.1 cm³/mol. The first kappa shape index (κ1) is 12.0. The van der Waals surface area contributed by atoms with Crippen molar-refractivity contribution in [1.29, 1.82) is 0 Å². The van der Waals surface area contributed by atoms with E-state index >= 15 is 0 Å². The van der Waals surface area contributed by atoms with Crippen LogP contribution in [0.2, 0.25) is 0 Å². The van der Waals surface area contributed by atoms with Gasteiger partial charge < -0.3 is 9.72 Å². The fourth-order valence-electron chi connectivity index (χ4n) is 1.73. The van der Waals surface area contributed by atoms with Gasteiger partial charge in [0.1, 0.15) is 5.75 Å². The van der Waals surface area contributed by atoms with E-state index in [2.05, 4.69) is 4.98 Å². The van der Waals surface area contributed by atoms with E-state index in [9.17, 15) is 4.79 Å². The van der Waals surface area contributed by atoms with E-state index in [1.807, 2.05) is 19.1 Å². The zero-order chi connectivity index (χ0) is 12.3. The van der Waals surface area contributed by atoms with Gasteiger partial charge in [-0.3, -0.25) is 4.79 Å². The summed E-state index contributed by atoms with van der Waals surface area (Å²) in [6.07, 6.45) is 0.806. The maximum atomic E-state index is 11.3. The minimum atomic E-state index is -0.0986. The molecule has 1 N–H and O–H groups in total. The fraction of sp³-hybridized carbons (Fsp3) is 0.308. The molecular weight excluding hydrogens is 238 g/mol. The first-order chi connectivity index (χ1) is 8.22. The molecule has 0 unspecified atom stereocenters. The summed E-state index contributed by atoms with van der Waals surface area (Å²) in [5, 5.41) is 0.930. The fourth-order valence-corrected chi connectivity index (χ4v) is 1.84. The van der Waals surface area contributed by atoms with Crippen molar-refractivity contribution in [3.05, 3.63) is 40.2 Å². The second kappa shape index (κ2) is 5.23. The van der Waals surface area contributed by atoms with Crippen molar-refractivity contribution in [3.63, 3.8) is 0 Å². The summed E-state index contributed by atoms with van der Waals surface area (Å²) in [4.78, 5) is 14.1. The van der Waals surface area contributed by atoms with Gasteiger partial charge >= 0.3 is 0 Å². The lowest BCUT2D eigenvalue weighted by Gasteiger charge is -2.09. The number of H-pyrrole nitrogens is 1. The Morgan fingerprint density at radius 3 is 2.88 bits per heavy atom. The molecule has 0 spiro atoms. The van der Waals surface area contributed by atoms with E-state index in [4.69, 9.17) is 16.3 Å². The third kappa shape index (κ3) is 2.61. The molecule has 1 aromatic carbocycles. The standard InChI is InChI=1S/C13H14ClNO2/c1-9-3-5-11(17-8-2-7-14)10-4-6-12(16)15-13(9)10/h3-6H,2,7-8H2,1H3,(H,15,16). The van der Waals surface area contributed by atoms with Crippen LogP contribution in [-0.2, 0) is 0 Å². The smallest absolute Gasteiger partial charge is 0.248 e. The van der Waals surface area contributed by atoms with Crippen molar-refractivity contribution in [2.45, 2.75) is 13.3 Å².